The Labute approximate surface area is 120 Å². The Balaban J connectivity index is 1.90. The molecule has 0 aromatic carbocycles. The van der Waals surface area contributed by atoms with Crippen LogP contribution >= 0.6 is 0 Å². The number of carbonyl (C=O) groups excluding carboxylic acids is 1. The van der Waals surface area contributed by atoms with Gasteiger partial charge in [0, 0.05) is 44.6 Å². The second kappa shape index (κ2) is 5.89. The Morgan fingerprint density at radius 3 is 2.45 bits per heavy atom. The molecule has 0 saturated carbocycles. The summed E-state index contributed by atoms with van der Waals surface area (Å²) >= 11 is 0. The quantitative estimate of drug-likeness (QED) is 0.892. The van der Waals surface area contributed by atoms with E-state index in [4.69, 9.17) is 0 Å². The molecule has 2 rings (SSSR count). The predicted octanol–water partition coefficient (Wildman–Crippen LogP) is 0.919. The summed E-state index contributed by atoms with van der Waals surface area (Å²) in [6.45, 7) is 9.16. The molecule has 1 aliphatic rings. The number of β-amino-alcohol motifs (C(OH)–C–C–N with tert-alkyl or cyclic N) is 1. The molecule has 5 heteroatoms. The maximum absolute atomic E-state index is 12.3. The summed E-state index contributed by atoms with van der Waals surface area (Å²) in [5, 5.41) is 9.82. The fraction of sp³-hybridized carbons (Fsp3) is 0.600. The van der Waals surface area contributed by atoms with Gasteiger partial charge >= 0.3 is 0 Å². The van der Waals surface area contributed by atoms with E-state index in [1.807, 2.05) is 37.8 Å². The molecule has 1 amide bonds. The zero-order chi connectivity index (χ0) is 14.8. The number of aryl methyl sites for hydroxylation is 1. The number of hydrogen-bond donors (Lipinski definition) is 1. The molecule has 5 nitrogen and oxygen atoms in total. The Bertz CT molecular complexity index is 457. The van der Waals surface area contributed by atoms with E-state index in [1.165, 1.54) is 0 Å². The first-order valence-corrected chi connectivity index (χ1v) is 7.02. The standard InChI is InChI=1S/C15H23N3O2/c1-12-4-5-13(10-16-12)14(19)18-8-6-17(7-9-18)11-15(2,3)20/h4-5,10,20H,6-9,11H2,1-3H3. The highest BCUT2D eigenvalue weighted by molar-refractivity contribution is 5.94. The van der Waals surface area contributed by atoms with Crippen LogP contribution in [0, 0.1) is 6.92 Å². The molecule has 0 aliphatic carbocycles. The molecule has 0 spiro atoms. The zero-order valence-electron chi connectivity index (χ0n) is 12.5. The Hall–Kier alpha value is -1.46. The first-order chi connectivity index (χ1) is 9.35. The SMILES string of the molecule is Cc1ccc(C(=O)N2CCN(CC(C)(C)O)CC2)cn1. The maximum atomic E-state index is 12.3. The maximum Gasteiger partial charge on any atom is 0.255 e. The minimum Gasteiger partial charge on any atom is -0.389 e. The van der Waals surface area contributed by atoms with Gasteiger partial charge in [-0.1, -0.05) is 0 Å². The summed E-state index contributed by atoms with van der Waals surface area (Å²) in [5.74, 6) is 0.0420. The van der Waals surface area contributed by atoms with Gasteiger partial charge < -0.3 is 10.0 Å². The van der Waals surface area contributed by atoms with Gasteiger partial charge in [0.1, 0.15) is 0 Å². The minimum atomic E-state index is -0.687. The van der Waals surface area contributed by atoms with Crippen molar-refractivity contribution < 1.29 is 9.90 Å². The number of nitrogens with zero attached hydrogens (tertiary/aromatic N) is 3. The van der Waals surface area contributed by atoms with Crippen molar-refractivity contribution in [3.05, 3.63) is 29.6 Å². The Morgan fingerprint density at radius 1 is 1.30 bits per heavy atom. The molecular weight excluding hydrogens is 254 g/mol. The molecule has 1 fully saturated rings. The lowest BCUT2D eigenvalue weighted by Crippen LogP contribution is -2.52. The highest BCUT2D eigenvalue weighted by Gasteiger charge is 2.25. The van der Waals surface area contributed by atoms with Crippen molar-refractivity contribution in [1.82, 2.24) is 14.8 Å². The third-order valence-corrected chi connectivity index (χ3v) is 3.43. The summed E-state index contributed by atoms with van der Waals surface area (Å²) < 4.78 is 0. The van der Waals surface area contributed by atoms with E-state index in [0.717, 1.165) is 18.8 Å². The number of rotatable bonds is 3. The van der Waals surface area contributed by atoms with Crippen molar-refractivity contribution in [1.29, 1.82) is 0 Å². The monoisotopic (exact) mass is 277 g/mol. The van der Waals surface area contributed by atoms with Gasteiger partial charge in [0.05, 0.1) is 11.2 Å². The summed E-state index contributed by atoms with van der Waals surface area (Å²) in [7, 11) is 0. The molecule has 1 N–H and O–H groups in total. The smallest absolute Gasteiger partial charge is 0.255 e. The lowest BCUT2D eigenvalue weighted by molar-refractivity contribution is 0.0178. The van der Waals surface area contributed by atoms with E-state index in [-0.39, 0.29) is 5.91 Å². The molecule has 1 aromatic heterocycles. The van der Waals surface area contributed by atoms with Crippen LogP contribution in [-0.4, -0.2) is 64.1 Å². The van der Waals surface area contributed by atoms with Crippen LogP contribution in [-0.2, 0) is 0 Å². The molecule has 0 atom stereocenters. The molecular formula is C15H23N3O2. The molecule has 0 unspecified atom stereocenters. The lowest BCUT2D eigenvalue weighted by atomic mass is 10.1. The van der Waals surface area contributed by atoms with Gasteiger partial charge in [-0.3, -0.25) is 14.7 Å². The predicted molar refractivity (Wildman–Crippen MR) is 77.6 cm³/mol. The topological polar surface area (TPSA) is 56.7 Å². The number of aliphatic hydroxyl groups is 1. The molecule has 20 heavy (non-hydrogen) atoms. The van der Waals surface area contributed by atoms with Crippen molar-refractivity contribution in [3.8, 4) is 0 Å². The van der Waals surface area contributed by atoms with Gasteiger partial charge in [-0.25, -0.2) is 0 Å². The second-order valence-corrected chi connectivity index (χ2v) is 6.07. The normalized spacial score (nSPS) is 17.3. The highest BCUT2D eigenvalue weighted by Crippen LogP contribution is 2.11. The van der Waals surface area contributed by atoms with Crippen LogP contribution in [0.4, 0.5) is 0 Å². The average molecular weight is 277 g/mol. The first-order valence-electron chi connectivity index (χ1n) is 7.02. The van der Waals surface area contributed by atoms with E-state index < -0.39 is 5.60 Å². The summed E-state index contributed by atoms with van der Waals surface area (Å²) in [6.07, 6.45) is 1.64. The number of aromatic nitrogens is 1. The molecule has 0 bridgehead atoms. The van der Waals surface area contributed by atoms with Gasteiger partial charge in [0.2, 0.25) is 0 Å². The summed E-state index contributed by atoms with van der Waals surface area (Å²) in [5.41, 5.74) is 0.871. The van der Waals surface area contributed by atoms with E-state index in [2.05, 4.69) is 9.88 Å². The fourth-order valence-corrected chi connectivity index (χ4v) is 2.43. The van der Waals surface area contributed by atoms with Crippen molar-refractivity contribution in [2.24, 2.45) is 0 Å². The molecule has 2 heterocycles. The van der Waals surface area contributed by atoms with Crippen LogP contribution in [0.25, 0.3) is 0 Å². The third-order valence-electron chi connectivity index (χ3n) is 3.43. The van der Waals surface area contributed by atoms with E-state index in [1.54, 1.807) is 6.20 Å². The van der Waals surface area contributed by atoms with Crippen LogP contribution < -0.4 is 0 Å². The van der Waals surface area contributed by atoms with Gasteiger partial charge in [0.25, 0.3) is 5.91 Å². The number of hydrogen-bond acceptors (Lipinski definition) is 4. The summed E-state index contributed by atoms with van der Waals surface area (Å²) in [4.78, 5) is 20.5. The van der Waals surface area contributed by atoms with Gasteiger partial charge in [-0.05, 0) is 32.9 Å². The van der Waals surface area contributed by atoms with Crippen molar-refractivity contribution in [2.45, 2.75) is 26.4 Å². The van der Waals surface area contributed by atoms with Crippen LogP contribution in [0.2, 0.25) is 0 Å². The van der Waals surface area contributed by atoms with Gasteiger partial charge in [0.15, 0.2) is 0 Å². The molecule has 0 radical (unpaired) electrons. The van der Waals surface area contributed by atoms with Crippen molar-refractivity contribution in [3.63, 3.8) is 0 Å². The van der Waals surface area contributed by atoms with E-state index >= 15 is 0 Å². The zero-order valence-corrected chi connectivity index (χ0v) is 12.5. The number of pyridine rings is 1. The van der Waals surface area contributed by atoms with E-state index in [0.29, 0.717) is 25.2 Å². The summed E-state index contributed by atoms with van der Waals surface area (Å²) in [6, 6.07) is 3.69. The lowest BCUT2D eigenvalue weighted by Gasteiger charge is -2.37. The first kappa shape index (κ1) is 14.9. The average Bonchev–Trinajstić information content (AvgIpc) is 2.38. The Morgan fingerprint density at radius 2 is 1.95 bits per heavy atom. The second-order valence-electron chi connectivity index (χ2n) is 6.07. The van der Waals surface area contributed by atoms with Crippen LogP contribution in [0.5, 0.6) is 0 Å². The number of amides is 1. The van der Waals surface area contributed by atoms with Gasteiger partial charge in [-0.15, -0.1) is 0 Å². The molecule has 1 saturated heterocycles. The molecule has 1 aliphatic heterocycles. The fourth-order valence-electron chi connectivity index (χ4n) is 2.43. The van der Waals surface area contributed by atoms with Crippen molar-refractivity contribution in [2.75, 3.05) is 32.7 Å². The van der Waals surface area contributed by atoms with Crippen LogP contribution in [0.1, 0.15) is 29.9 Å². The number of carbonyl (C=O) groups is 1. The van der Waals surface area contributed by atoms with Crippen molar-refractivity contribution >= 4 is 5.91 Å². The third kappa shape index (κ3) is 4.02. The van der Waals surface area contributed by atoms with Gasteiger partial charge in [-0.2, -0.15) is 0 Å². The largest absolute Gasteiger partial charge is 0.389 e. The molecule has 110 valence electrons. The van der Waals surface area contributed by atoms with Crippen LogP contribution in [0.3, 0.4) is 0 Å². The van der Waals surface area contributed by atoms with E-state index in [9.17, 15) is 9.90 Å². The Kier molecular flexibility index (Phi) is 4.40. The highest BCUT2D eigenvalue weighted by atomic mass is 16.3. The minimum absolute atomic E-state index is 0.0420. The molecule has 1 aromatic rings. The van der Waals surface area contributed by atoms with Crippen LogP contribution in [0.15, 0.2) is 18.3 Å². The number of piperazine rings is 1.